The second-order valence-corrected chi connectivity index (χ2v) is 5.52. The molecule has 0 aromatic carbocycles. The van der Waals surface area contributed by atoms with Gasteiger partial charge in [-0.15, -0.1) is 0 Å². The Balaban J connectivity index is 3.00. The number of allylic oxidation sites excluding steroid dienone is 2. The second-order valence-electron chi connectivity index (χ2n) is 5.52. The fourth-order valence-electron chi connectivity index (χ4n) is 3.09. The molecule has 0 saturated carbocycles. The summed E-state index contributed by atoms with van der Waals surface area (Å²) in [6.45, 7) is 11.0. The van der Waals surface area contributed by atoms with Gasteiger partial charge in [0.05, 0.1) is 5.60 Å². The van der Waals surface area contributed by atoms with Crippen LogP contribution in [0, 0.1) is 11.3 Å². The Morgan fingerprint density at radius 1 is 1.47 bits per heavy atom. The van der Waals surface area contributed by atoms with Crippen molar-refractivity contribution in [3.8, 4) is 0 Å². The maximum absolute atomic E-state index is 10.7. The van der Waals surface area contributed by atoms with Crippen molar-refractivity contribution in [1.29, 1.82) is 0 Å². The van der Waals surface area contributed by atoms with Crippen molar-refractivity contribution in [1.82, 2.24) is 0 Å². The third-order valence-electron chi connectivity index (χ3n) is 4.82. The zero-order chi connectivity index (χ0) is 11.7. The quantitative estimate of drug-likeness (QED) is 0.700. The minimum Gasteiger partial charge on any atom is -0.389 e. The molecule has 0 heterocycles. The van der Waals surface area contributed by atoms with Crippen LogP contribution < -0.4 is 0 Å². The first kappa shape index (κ1) is 12.8. The molecule has 0 saturated heterocycles. The summed E-state index contributed by atoms with van der Waals surface area (Å²) in [7, 11) is 0. The molecular weight excluding hydrogens is 184 g/mol. The van der Waals surface area contributed by atoms with Gasteiger partial charge in [-0.3, -0.25) is 0 Å². The summed E-state index contributed by atoms with van der Waals surface area (Å²) in [5, 5.41) is 10.7. The number of aliphatic hydroxyl groups is 1. The molecule has 1 rings (SSSR count). The highest BCUT2D eigenvalue weighted by Gasteiger charge is 2.48. The summed E-state index contributed by atoms with van der Waals surface area (Å²) < 4.78 is 0. The zero-order valence-corrected chi connectivity index (χ0v) is 10.9. The molecule has 0 radical (unpaired) electrons. The van der Waals surface area contributed by atoms with E-state index in [4.69, 9.17) is 0 Å². The largest absolute Gasteiger partial charge is 0.389 e. The maximum Gasteiger partial charge on any atom is 0.0701 e. The van der Waals surface area contributed by atoms with E-state index in [1.165, 1.54) is 5.57 Å². The topological polar surface area (TPSA) is 20.2 Å². The van der Waals surface area contributed by atoms with Crippen LogP contribution in [0.15, 0.2) is 11.6 Å². The third kappa shape index (κ3) is 1.99. The summed E-state index contributed by atoms with van der Waals surface area (Å²) in [4.78, 5) is 0. The molecule has 0 amide bonds. The van der Waals surface area contributed by atoms with Gasteiger partial charge in [0.15, 0.2) is 0 Å². The lowest BCUT2D eigenvalue weighted by atomic mass is 9.58. The molecule has 2 atom stereocenters. The first-order valence-corrected chi connectivity index (χ1v) is 6.27. The molecule has 0 aromatic rings. The average molecular weight is 210 g/mol. The van der Waals surface area contributed by atoms with Crippen molar-refractivity contribution in [3.63, 3.8) is 0 Å². The molecule has 0 spiro atoms. The standard InChI is InChI=1S/C14H26O/c1-6-14(15,7-2)13(5)9-8-11(3)10-12(13)4/h8,12,15H,6-7,9-10H2,1-5H3. The Morgan fingerprint density at radius 2 is 2.00 bits per heavy atom. The molecule has 0 aromatic heterocycles. The summed E-state index contributed by atoms with van der Waals surface area (Å²) in [6.07, 6.45) is 6.20. The van der Waals surface area contributed by atoms with E-state index < -0.39 is 5.60 Å². The Kier molecular flexibility index (Phi) is 3.65. The van der Waals surface area contributed by atoms with Gasteiger partial charge in [0.2, 0.25) is 0 Å². The van der Waals surface area contributed by atoms with E-state index >= 15 is 0 Å². The van der Waals surface area contributed by atoms with Gasteiger partial charge in [0, 0.05) is 5.41 Å². The van der Waals surface area contributed by atoms with E-state index in [1.54, 1.807) is 0 Å². The van der Waals surface area contributed by atoms with Gasteiger partial charge < -0.3 is 5.11 Å². The van der Waals surface area contributed by atoms with Crippen LogP contribution in [-0.2, 0) is 0 Å². The predicted octanol–water partition coefficient (Wildman–Crippen LogP) is 3.92. The van der Waals surface area contributed by atoms with Crippen molar-refractivity contribution in [2.45, 2.75) is 65.9 Å². The SMILES string of the molecule is CCC(O)(CC)C1(C)CC=C(C)CC1C. The van der Waals surface area contributed by atoms with Crippen LogP contribution in [0.2, 0.25) is 0 Å². The van der Waals surface area contributed by atoms with E-state index in [9.17, 15) is 5.11 Å². The minimum atomic E-state index is -0.496. The number of hydrogen-bond donors (Lipinski definition) is 1. The zero-order valence-electron chi connectivity index (χ0n) is 10.9. The fraction of sp³-hybridized carbons (Fsp3) is 0.857. The van der Waals surface area contributed by atoms with Crippen LogP contribution in [0.5, 0.6) is 0 Å². The molecule has 0 bridgehead atoms. The summed E-state index contributed by atoms with van der Waals surface area (Å²) >= 11 is 0. The van der Waals surface area contributed by atoms with E-state index in [1.807, 2.05) is 0 Å². The Morgan fingerprint density at radius 3 is 2.40 bits per heavy atom. The highest BCUT2D eigenvalue weighted by Crippen LogP contribution is 2.50. The minimum absolute atomic E-state index is 0.0516. The Bertz CT molecular complexity index is 250. The lowest BCUT2D eigenvalue weighted by molar-refractivity contribution is -0.110. The van der Waals surface area contributed by atoms with Crippen LogP contribution in [0.1, 0.15) is 60.3 Å². The first-order valence-electron chi connectivity index (χ1n) is 6.27. The van der Waals surface area contributed by atoms with Crippen molar-refractivity contribution in [3.05, 3.63) is 11.6 Å². The normalized spacial score (nSPS) is 32.7. The van der Waals surface area contributed by atoms with E-state index in [0.29, 0.717) is 5.92 Å². The molecule has 1 nitrogen and oxygen atoms in total. The molecule has 1 heteroatoms. The van der Waals surface area contributed by atoms with Crippen LogP contribution in [-0.4, -0.2) is 10.7 Å². The summed E-state index contributed by atoms with van der Waals surface area (Å²) in [5.74, 6) is 0.576. The van der Waals surface area contributed by atoms with Crippen LogP contribution in [0.4, 0.5) is 0 Å². The van der Waals surface area contributed by atoms with E-state index in [2.05, 4.69) is 40.7 Å². The molecule has 0 fully saturated rings. The molecule has 2 unspecified atom stereocenters. The molecule has 15 heavy (non-hydrogen) atoms. The summed E-state index contributed by atoms with van der Waals surface area (Å²) in [5.41, 5.74) is 1.04. The monoisotopic (exact) mass is 210 g/mol. The maximum atomic E-state index is 10.7. The van der Waals surface area contributed by atoms with E-state index in [-0.39, 0.29) is 5.41 Å². The van der Waals surface area contributed by atoms with Gasteiger partial charge in [-0.2, -0.15) is 0 Å². The molecule has 1 aliphatic carbocycles. The van der Waals surface area contributed by atoms with Gasteiger partial charge in [0.1, 0.15) is 0 Å². The highest BCUT2D eigenvalue weighted by atomic mass is 16.3. The van der Waals surface area contributed by atoms with Gasteiger partial charge >= 0.3 is 0 Å². The van der Waals surface area contributed by atoms with Crippen molar-refractivity contribution < 1.29 is 5.11 Å². The molecule has 1 aliphatic rings. The van der Waals surface area contributed by atoms with Gasteiger partial charge in [-0.25, -0.2) is 0 Å². The van der Waals surface area contributed by atoms with Crippen LogP contribution in [0.3, 0.4) is 0 Å². The van der Waals surface area contributed by atoms with Gasteiger partial charge in [0.25, 0.3) is 0 Å². The third-order valence-corrected chi connectivity index (χ3v) is 4.82. The van der Waals surface area contributed by atoms with Gasteiger partial charge in [-0.1, -0.05) is 39.3 Å². The Hall–Kier alpha value is -0.300. The van der Waals surface area contributed by atoms with Crippen molar-refractivity contribution in [2.75, 3.05) is 0 Å². The lowest BCUT2D eigenvalue weighted by Crippen LogP contribution is -2.50. The first-order chi connectivity index (χ1) is 6.89. The Labute approximate surface area is 94.6 Å². The second kappa shape index (κ2) is 4.29. The average Bonchev–Trinajstić information content (AvgIpc) is 2.22. The molecule has 88 valence electrons. The molecular formula is C14H26O. The van der Waals surface area contributed by atoms with Crippen LogP contribution >= 0.6 is 0 Å². The van der Waals surface area contributed by atoms with Crippen LogP contribution in [0.25, 0.3) is 0 Å². The molecule has 1 N–H and O–H groups in total. The van der Waals surface area contributed by atoms with E-state index in [0.717, 1.165) is 25.7 Å². The van der Waals surface area contributed by atoms with Crippen molar-refractivity contribution in [2.24, 2.45) is 11.3 Å². The number of hydrogen-bond acceptors (Lipinski definition) is 1. The smallest absolute Gasteiger partial charge is 0.0701 e. The van der Waals surface area contributed by atoms with Crippen molar-refractivity contribution >= 4 is 0 Å². The fourth-order valence-corrected chi connectivity index (χ4v) is 3.09. The molecule has 0 aliphatic heterocycles. The highest BCUT2D eigenvalue weighted by molar-refractivity contribution is 5.13. The lowest BCUT2D eigenvalue weighted by Gasteiger charge is -2.50. The number of rotatable bonds is 3. The predicted molar refractivity (Wildman–Crippen MR) is 65.8 cm³/mol. The van der Waals surface area contributed by atoms with Gasteiger partial charge in [-0.05, 0) is 38.5 Å². The summed E-state index contributed by atoms with van der Waals surface area (Å²) in [6, 6.07) is 0.